The van der Waals surface area contributed by atoms with E-state index in [2.05, 4.69) is 36.6 Å². The molecule has 0 aromatic heterocycles. The highest BCUT2D eigenvalue weighted by atomic mass is 16.2. The first kappa shape index (κ1) is 17.7. The molecule has 2 aromatic carbocycles. The van der Waals surface area contributed by atoms with Crippen LogP contribution in [-0.2, 0) is 4.79 Å². The Hall–Kier alpha value is -2.62. The number of benzene rings is 2. The van der Waals surface area contributed by atoms with Gasteiger partial charge in [0, 0.05) is 5.56 Å². The first-order valence-corrected chi connectivity index (χ1v) is 8.20. The van der Waals surface area contributed by atoms with Crippen LogP contribution in [0, 0.1) is 0 Å². The first-order valence-electron chi connectivity index (χ1n) is 8.20. The predicted octanol–water partition coefficient (Wildman–Crippen LogP) is 3.42. The number of nitrogens with one attached hydrogen (secondary N) is 2. The number of carbonyl (C=O) groups is 2. The fraction of sp³-hybridized carbons (Fsp3) is 0.300. The SMILES string of the molecule is CC(C)c1ccc(C(C)NC(=O)CNC(=O)c2ccccc2)cc1. The number of hydrogen-bond acceptors (Lipinski definition) is 2. The molecule has 0 bridgehead atoms. The van der Waals surface area contributed by atoms with Gasteiger partial charge in [0.2, 0.25) is 5.91 Å². The second-order valence-corrected chi connectivity index (χ2v) is 6.16. The Kier molecular flexibility index (Phi) is 6.13. The lowest BCUT2D eigenvalue weighted by molar-refractivity contribution is -0.120. The molecule has 2 rings (SSSR count). The van der Waals surface area contributed by atoms with Crippen LogP contribution in [0.5, 0.6) is 0 Å². The highest BCUT2D eigenvalue weighted by molar-refractivity contribution is 5.96. The second-order valence-electron chi connectivity index (χ2n) is 6.16. The molecule has 2 N–H and O–H groups in total. The summed E-state index contributed by atoms with van der Waals surface area (Å²) in [5.41, 5.74) is 2.86. The molecule has 0 aliphatic heterocycles. The van der Waals surface area contributed by atoms with E-state index in [0.717, 1.165) is 5.56 Å². The first-order chi connectivity index (χ1) is 11.5. The van der Waals surface area contributed by atoms with Gasteiger partial charge in [-0.25, -0.2) is 0 Å². The van der Waals surface area contributed by atoms with Crippen molar-refractivity contribution in [2.45, 2.75) is 32.7 Å². The van der Waals surface area contributed by atoms with Gasteiger partial charge in [0.1, 0.15) is 0 Å². The summed E-state index contributed by atoms with van der Waals surface area (Å²) < 4.78 is 0. The monoisotopic (exact) mass is 324 g/mol. The van der Waals surface area contributed by atoms with Crippen LogP contribution in [-0.4, -0.2) is 18.4 Å². The Balaban J connectivity index is 1.84. The van der Waals surface area contributed by atoms with E-state index in [-0.39, 0.29) is 24.4 Å². The predicted molar refractivity (Wildman–Crippen MR) is 95.9 cm³/mol. The van der Waals surface area contributed by atoms with Crippen LogP contribution in [0.4, 0.5) is 0 Å². The lowest BCUT2D eigenvalue weighted by Crippen LogP contribution is -2.38. The molecule has 24 heavy (non-hydrogen) atoms. The van der Waals surface area contributed by atoms with Crippen molar-refractivity contribution in [1.29, 1.82) is 0 Å². The number of carbonyl (C=O) groups excluding carboxylic acids is 2. The van der Waals surface area contributed by atoms with E-state index >= 15 is 0 Å². The Morgan fingerprint density at radius 1 is 0.875 bits per heavy atom. The molecule has 126 valence electrons. The van der Waals surface area contributed by atoms with E-state index in [1.807, 2.05) is 25.1 Å². The fourth-order valence-electron chi connectivity index (χ4n) is 2.40. The average Bonchev–Trinajstić information content (AvgIpc) is 2.60. The highest BCUT2D eigenvalue weighted by Gasteiger charge is 2.12. The van der Waals surface area contributed by atoms with Crippen molar-refractivity contribution in [2.75, 3.05) is 6.54 Å². The molecule has 1 atom stereocenters. The number of amides is 2. The van der Waals surface area contributed by atoms with Crippen molar-refractivity contribution in [2.24, 2.45) is 0 Å². The summed E-state index contributed by atoms with van der Waals surface area (Å²) in [7, 11) is 0. The van der Waals surface area contributed by atoms with Gasteiger partial charge in [-0.2, -0.15) is 0 Å². The molecular formula is C20H24N2O2. The molecule has 4 heteroatoms. The summed E-state index contributed by atoms with van der Waals surface area (Å²) in [6.07, 6.45) is 0. The highest BCUT2D eigenvalue weighted by Crippen LogP contribution is 2.18. The van der Waals surface area contributed by atoms with Crippen molar-refractivity contribution in [3.05, 3.63) is 71.3 Å². The topological polar surface area (TPSA) is 58.2 Å². The van der Waals surface area contributed by atoms with Gasteiger partial charge in [-0.1, -0.05) is 56.3 Å². The fourth-order valence-corrected chi connectivity index (χ4v) is 2.40. The molecule has 2 aromatic rings. The maximum Gasteiger partial charge on any atom is 0.251 e. The van der Waals surface area contributed by atoms with Crippen LogP contribution >= 0.6 is 0 Å². The third-order valence-electron chi connectivity index (χ3n) is 3.93. The van der Waals surface area contributed by atoms with Crippen molar-refractivity contribution in [3.8, 4) is 0 Å². The van der Waals surface area contributed by atoms with Gasteiger partial charge in [-0.15, -0.1) is 0 Å². The van der Waals surface area contributed by atoms with Crippen LogP contribution in [0.2, 0.25) is 0 Å². The van der Waals surface area contributed by atoms with E-state index in [1.54, 1.807) is 24.3 Å². The summed E-state index contributed by atoms with van der Waals surface area (Å²) in [6, 6.07) is 17.0. The van der Waals surface area contributed by atoms with Gasteiger partial charge in [0.05, 0.1) is 12.6 Å². The van der Waals surface area contributed by atoms with E-state index in [9.17, 15) is 9.59 Å². The van der Waals surface area contributed by atoms with Crippen LogP contribution in [0.3, 0.4) is 0 Å². The molecule has 0 radical (unpaired) electrons. The summed E-state index contributed by atoms with van der Waals surface area (Å²) in [6.45, 7) is 6.19. The van der Waals surface area contributed by atoms with Gasteiger partial charge < -0.3 is 10.6 Å². The number of rotatable bonds is 6. The smallest absolute Gasteiger partial charge is 0.251 e. The maximum atomic E-state index is 12.0. The van der Waals surface area contributed by atoms with Gasteiger partial charge in [-0.05, 0) is 36.1 Å². The van der Waals surface area contributed by atoms with Gasteiger partial charge in [0.25, 0.3) is 5.91 Å². The standard InChI is InChI=1S/C20H24N2O2/c1-14(2)16-9-11-17(12-10-16)15(3)22-19(23)13-21-20(24)18-7-5-4-6-8-18/h4-12,14-15H,13H2,1-3H3,(H,21,24)(H,22,23). The average molecular weight is 324 g/mol. The molecule has 0 saturated heterocycles. The van der Waals surface area contributed by atoms with Crippen LogP contribution in [0.15, 0.2) is 54.6 Å². The minimum absolute atomic E-state index is 0.0395. The van der Waals surface area contributed by atoms with E-state index in [4.69, 9.17) is 0 Å². The summed E-state index contributed by atoms with van der Waals surface area (Å²) in [5.74, 6) is 0.0246. The minimum Gasteiger partial charge on any atom is -0.348 e. The third-order valence-corrected chi connectivity index (χ3v) is 3.93. The third kappa shape index (κ3) is 4.95. The molecule has 1 unspecified atom stereocenters. The summed E-state index contributed by atoms with van der Waals surface area (Å²) in [4.78, 5) is 23.9. The quantitative estimate of drug-likeness (QED) is 0.855. The summed E-state index contributed by atoms with van der Waals surface area (Å²) >= 11 is 0. The van der Waals surface area contributed by atoms with Crippen molar-refractivity contribution >= 4 is 11.8 Å². The molecule has 2 amide bonds. The van der Waals surface area contributed by atoms with Crippen molar-refractivity contribution in [1.82, 2.24) is 10.6 Å². The molecular weight excluding hydrogens is 300 g/mol. The molecule has 0 heterocycles. The Bertz CT molecular complexity index is 679. The van der Waals surface area contributed by atoms with Gasteiger partial charge >= 0.3 is 0 Å². The molecule has 0 saturated carbocycles. The lowest BCUT2D eigenvalue weighted by atomic mass is 9.99. The molecule has 0 aliphatic rings. The van der Waals surface area contributed by atoms with Gasteiger partial charge in [0.15, 0.2) is 0 Å². The minimum atomic E-state index is -0.250. The zero-order chi connectivity index (χ0) is 17.5. The van der Waals surface area contributed by atoms with Crippen molar-refractivity contribution in [3.63, 3.8) is 0 Å². The van der Waals surface area contributed by atoms with Crippen molar-refractivity contribution < 1.29 is 9.59 Å². The zero-order valence-electron chi connectivity index (χ0n) is 14.4. The van der Waals surface area contributed by atoms with E-state index in [0.29, 0.717) is 11.5 Å². The molecule has 4 nitrogen and oxygen atoms in total. The second kappa shape index (κ2) is 8.29. The largest absolute Gasteiger partial charge is 0.348 e. The molecule has 0 spiro atoms. The number of hydrogen-bond donors (Lipinski definition) is 2. The summed E-state index contributed by atoms with van der Waals surface area (Å²) in [5, 5.41) is 5.53. The Morgan fingerprint density at radius 2 is 1.46 bits per heavy atom. The lowest BCUT2D eigenvalue weighted by Gasteiger charge is -2.16. The van der Waals surface area contributed by atoms with Gasteiger partial charge in [-0.3, -0.25) is 9.59 Å². The maximum absolute atomic E-state index is 12.0. The van der Waals surface area contributed by atoms with E-state index < -0.39 is 0 Å². The Morgan fingerprint density at radius 3 is 2.04 bits per heavy atom. The Labute approximate surface area is 143 Å². The van der Waals surface area contributed by atoms with Crippen LogP contribution in [0.25, 0.3) is 0 Å². The molecule has 0 aliphatic carbocycles. The normalized spacial score (nSPS) is 11.8. The molecule has 0 fully saturated rings. The van der Waals surface area contributed by atoms with E-state index in [1.165, 1.54) is 5.56 Å². The van der Waals surface area contributed by atoms with Crippen LogP contribution < -0.4 is 10.6 Å². The van der Waals surface area contributed by atoms with Crippen LogP contribution in [0.1, 0.15) is 54.2 Å². The zero-order valence-corrected chi connectivity index (χ0v) is 14.4.